The molecule has 1 fully saturated rings. The number of rotatable bonds is 2. The van der Waals surface area contributed by atoms with Crippen LogP contribution in [-0.2, 0) is 23.2 Å². The topological polar surface area (TPSA) is 83.9 Å². The molecular formula is C31H40N4O4S. The first-order valence-corrected chi connectivity index (χ1v) is 16.0. The molecule has 1 atom stereocenters. The van der Waals surface area contributed by atoms with E-state index in [1.807, 2.05) is 13.1 Å². The molecule has 4 bridgehead atoms. The molecule has 1 aliphatic carbocycles. The lowest BCUT2D eigenvalue weighted by Crippen LogP contribution is -2.44. The van der Waals surface area contributed by atoms with Crippen LogP contribution in [0.15, 0.2) is 36.4 Å². The summed E-state index contributed by atoms with van der Waals surface area (Å²) in [5, 5.41) is 1.18. The van der Waals surface area contributed by atoms with E-state index < -0.39 is 16.1 Å². The highest BCUT2D eigenvalue weighted by atomic mass is 32.2. The van der Waals surface area contributed by atoms with Crippen LogP contribution in [0, 0.1) is 5.92 Å². The van der Waals surface area contributed by atoms with Gasteiger partial charge >= 0.3 is 10.2 Å². The molecule has 8 nitrogen and oxygen atoms in total. The molecule has 9 heteroatoms. The van der Waals surface area contributed by atoms with Gasteiger partial charge in [0, 0.05) is 48.7 Å². The van der Waals surface area contributed by atoms with Gasteiger partial charge in [-0.3, -0.25) is 4.79 Å². The minimum atomic E-state index is -3.95. The molecule has 1 unspecified atom stereocenters. The smallest absolute Gasteiger partial charge is 0.303 e. The molecular weight excluding hydrogens is 524 g/mol. The van der Waals surface area contributed by atoms with Gasteiger partial charge in [0.2, 0.25) is 0 Å². The number of amides is 1. The van der Waals surface area contributed by atoms with Crippen LogP contribution in [0.25, 0.3) is 22.2 Å². The molecule has 1 amide bonds. The summed E-state index contributed by atoms with van der Waals surface area (Å²) in [6.45, 7) is 2.60. The van der Waals surface area contributed by atoms with Gasteiger partial charge in [-0.05, 0) is 92.6 Å². The third kappa shape index (κ3) is 5.03. The number of carbonyl (C=O) groups excluding carboxylic acids is 1. The van der Waals surface area contributed by atoms with E-state index in [4.69, 9.17) is 4.74 Å². The van der Waals surface area contributed by atoms with Crippen LogP contribution >= 0.6 is 0 Å². The van der Waals surface area contributed by atoms with Crippen molar-refractivity contribution in [2.75, 3.05) is 40.8 Å². The van der Waals surface area contributed by atoms with Gasteiger partial charge in [-0.25, -0.2) is 4.72 Å². The van der Waals surface area contributed by atoms with Gasteiger partial charge in [-0.2, -0.15) is 12.7 Å². The van der Waals surface area contributed by atoms with Gasteiger partial charge in [0.25, 0.3) is 5.91 Å². The Bertz CT molecular complexity index is 1540. The largest absolute Gasteiger partial charge is 0.497 e. The number of aromatic nitrogens is 1. The average Bonchev–Trinajstić information content (AvgIpc) is 3.17. The SMILES string of the molecule is COc1ccc2c(c1)CC1CCN(C)CCN(C)S(=O)(=O)NC(=O)c3ccc4c(C5CCCCC5)c-2n(c4c3)C1. The van der Waals surface area contributed by atoms with Crippen molar-refractivity contribution in [3.8, 4) is 17.0 Å². The van der Waals surface area contributed by atoms with E-state index in [-0.39, 0.29) is 0 Å². The summed E-state index contributed by atoms with van der Waals surface area (Å²) in [6.07, 6.45) is 8.00. The van der Waals surface area contributed by atoms with E-state index in [0.29, 0.717) is 30.5 Å². The van der Waals surface area contributed by atoms with Crippen molar-refractivity contribution in [1.29, 1.82) is 0 Å². The van der Waals surface area contributed by atoms with E-state index in [1.54, 1.807) is 13.2 Å². The monoisotopic (exact) mass is 564 g/mol. The minimum absolute atomic E-state index is 0.303. The maximum absolute atomic E-state index is 13.3. The molecule has 1 saturated carbocycles. The number of ether oxygens (including phenoxy) is 1. The second-order valence-corrected chi connectivity index (χ2v) is 13.7. The highest BCUT2D eigenvalue weighted by molar-refractivity contribution is 7.87. The van der Waals surface area contributed by atoms with Gasteiger partial charge in [0.15, 0.2) is 0 Å². The molecule has 2 aliphatic heterocycles. The van der Waals surface area contributed by atoms with Gasteiger partial charge in [-0.15, -0.1) is 0 Å². The van der Waals surface area contributed by atoms with E-state index in [0.717, 1.165) is 37.2 Å². The molecule has 0 spiro atoms. The van der Waals surface area contributed by atoms with Gasteiger partial charge in [0.05, 0.1) is 12.8 Å². The van der Waals surface area contributed by atoms with Crippen molar-refractivity contribution in [3.63, 3.8) is 0 Å². The third-order valence-electron chi connectivity index (χ3n) is 9.24. The summed E-state index contributed by atoms with van der Waals surface area (Å²) in [5.41, 5.74) is 6.61. The molecule has 0 saturated heterocycles. The summed E-state index contributed by atoms with van der Waals surface area (Å²) in [6, 6.07) is 12.2. The fourth-order valence-corrected chi connectivity index (χ4v) is 7.76. The number of methoxy groups -OCH3 is 1. The fraction of sp³-hybridized carbons (Fsp3) is 0.516. The van der Waals surface area contributed by atoms with Crippen molar-refractivity contribution in [1.82, 2.24) is 18.5 Å². The van der Waals surface area contributed by atoms with Crippen LogP contribution in [0.2, 0.25) is 0 Å². The Morgan fingerprint density at radius 1 is 0.950 bits per heavy atom. The number of hydrogen-bond donors (Lipinski definition) is 1. The summed E-state index contributed by atoms with van der Waals surface area (Å²) >= 11 is 0. The first-order valence-electron chi connectivity index (χ1n) is 14.6. The van der Waals surface area contributed by atoms with Crippen LogP contribution in [0.3, 0.4) is 0 Å². The van der Waals surface area contributed by atoms with E-state index >= 15 is 0 Å². The highest BCUT2D eigenvalue weighted by Gasteiger charge is 2.32. The fourth-order valence-electron chi connectivity index (χ4n) is 6.93. The lowest BCUT2D eigenvalue weighted by molar-refractivity contribution is 0.0979. The van der Waals surface area contributed by atoms with E-state index in [2.05, 4.69) is 38.5 Å². The second kappa shape index (κ2) is 10.8. The summed E-state index contributed by atoms with van der Waals surface area (Å²) < 4.78 is 37.5. The predicted octanol–water partition coefficient (Wildman–Crippen LogP) is 4.78. The Balaban J connectivity index is 1.59. The van der Waals surface area contributed by atoms with E-state index in [9.17, 15) is 13.2 Å². The van der Waals surface area contributed by atoms with Crippen LogP contribution < -0.4 is 9.46 Å². The Labute approximate surface area is 237 Å². The summed E-state index contributed by atoms with van der Waals surface area (Å²) in [5.74, 6) is 1.13. The maximum Gasteiger partial charge on any atom is 0.303 e. The first kappa shape index (κ1) is 27.3. The lowest BCUT2D eigenvalue weighted by atomic mass is 9.81. The quantitative estimate of drug-likeness (QED) is 0.485. The molecule has 0 radical (unpaired) electrons. The molecule has 3 aliphatic rings. The van der Waals surface area contributed by atoms with Gasteiger partial charge in [0.1, 0.15) is 5.75 Å². The zero-order valence-corrected chi connectivity index (χ0v) is 24.6. The Kier molecular flexibility index (Phi) is 7.39. The number of likely N-dealkylation sites (N-methyl/N-ethyl adjacent to an activating group) is 2. The molecule has 2 aromatic carbocycles. The average molecular weight is 565 g/mol. The first-order chi connectivity index (χ1) is 19.2. The lowest BCUT2D eigenvalue weighted by Gasteiger charge is -2.24. The molecule has 6 rings (SSSR count). The maximum atomic E-state index is 13.3. The zero-order chi connectivity index (χ0) is 28.0. The highest BCUT2D eigenvalue weighted by Crippen LogP contribution is 2.47. The Morgan fingerprint density at radius 2 is 1.75 bits per heavy atom. The van der Waals surface area contributed by atoms with Crippen LogP contribution in [-0.4, -0.2) is 68.9 Å². The van der Waals surface area contributed by atoms with Crippen LogP contribution in [0.1, 0.15) is 65.9 Å². The van der Waals surface area contributed by atoms with Crippen molar-refractivity contribution in [2.45, 2.75) is 57.4 Å². The normalized spacial score (nSPS) is 22.9. The number of hydrogen-bond acceptors (Lipinski definition) is 5. The summed E-state index contributed by atoms with van der Waals surface area (Å²) in [7, 11) is 1.33. The van der Waals surface area contributed by atoms with Crippen molar-refractivity contribution in [2.24, 2.45) is 5.92 Å². The van der Waals surface area contributed by atoms with E-state index in [1.165, 1.54) is 71.2 Å². The number of fused-ring (bicyclic) bond motifs is 4. The molecule has 40 heavy (non-hydrogen) atoms. The van der Waals surface area contributed by atoms with Gasteiger partial charge < -0.3 is 14.2 Å². The zero-order valence-electron chi connectivity index (χ0n) is 23.8. The van der Waals surface area contributed by atoms with Crippen LogP contribution in [0.5, 0.6) is 5.75 Å². The number of carbonyl (C=O) groups is 1. The Morgan fingerprint density at radius 3 is 2.52 bits per heavy atom. The predicted molar refractivity (Wildman–Crippen MR) is 158 cm³/mol. The van der Waals surface area contributed by atoms with Crippen molar-refractivity contribution in [3.05, 3.63) is 53.1 Å². The molecule has 1 N–H and O–H groups in total. The number of nitrogens with zero attached hydrogens (tertiary/aromatic N) is 3. The summed E-state index contributed by atoms with van der Waals surface area (Å²) in [4.78, 5) is 15.5. The second-order valence-electron chi connectivity index (χ2n) is 11.9. The molecule has 214 valence electrons. The van der Waals surface area contributed by atoms with Crippen LogP contribution in [0.4, 0.5) is 0 Å². The molecule has 1 aromatic heterocycles. The van der Waals surface area contributed by atoms with Crippen molar-refractivity contribution >= 4 is 27.0 Å². The van der Waals surface area contributed by atoms with Crippen molar-refractivity contribution < 1.29 is 17.9 Å². The minimum Gasteiger partial charge on any atom is -0.497 e. The standard InChI is InChI=1S/C31H40N4O4S/c1-33-14-13-21-17-24-18-25(39-3)10-12-26(24)30-29(22-7-5-4-6-8-22)27-11-9-23(19-28(27)35(30)20-21)31(36)32-40(37,38)34(2)16-15-33/h9-12,18-19,21-22H,4-8,13-17,20H2,1-3H3,(H,32,36). The van der Waals surface area contributed by atoms with Gasteiger partial charge in [-0.1, -0.05) is 25.3 Å². The third-order valence-corrected chi connectivity index (χ3v) is 10.7. The molecule has 3 heterocycles. The number of nitrogens with one attached hydrogen (secondary N) is 1. The number of benzene rings is 2. The Hall–Kier alpha value is -2.88. The molecule has 3 aromatic rings.